The Morgan fingerprint density at radius 1 is 1.12 bits per heavy atom. The van der Waals surface area contributed by atoms with Gasteiger partial charge in [-0.05, 0) is 30.5 Å². The van der Waals surface area contributed by atoms with Crippen molar-refractivity contribution in [2.75, 3.05) is 31.6 Å². The van der Waals surface area contributed by atoms with E-state index >= 15 is 0 Å². The van der Waals surface area contributed by atoms with Gasteiger partial charge in [0.1, 0.15) is 13.2 Å². The minimum Gasteiger partial charge on any atom is -0.461 e. The number of ether oxygens (including phenoxy) is 2. The van der Waals surface area contributed by atoms with Crippen LogP contribution in [0.3, 0.4) is 0 Å². The third-order valence-electron chi connectivity index (χ3n) is 3.47. The lowest BCUT2D eigenvalue weighted by atomic mass is 10.0. The molecule has 0 bridgehead atoms. The lowest BCUT2D eigenvalue weighted by Crippen LogP contribution is -2.31. The van der Waals surface area contributed by atoms with E-state index in [1.807, 2.05) is 26.0 Å². The summed E-state index contributed by atoms with van der Waals surface area (Å²) in [6, 6.07) is 3.73. The van der Waals surface area contributed by atoms with Crippen LogP contribution in [-0.4, -0.2) is 44.1 Å². The Kier molecular flexibility index (Phi) is 9.32. The summed E-state index contributed by atoms with van der Waals surface area (Å²) in [7, 11) is 0. The van der Waals surface area contributed by atoms with E-state index in [9.17, 15) is 14.4 Å². The van der Waals surface area contributed by atoms with Crippen molar-refractivity contribution >= 4 is 23.5 Å². The van der Waals surface area contributed by atoms with Crippen molar-refractivity contribution < 1.29 is 23.9 Å². The highest BCUT2D eigenvalue weighted by atomic mass is 16.5. The van der Waals surface area contributed by atoms with Crippen LogP contribution in [-0.2, 0) is 30.5 Å². The van der Waals surface area contributed by atoms with Gasteiger partial charge in [-0.2, -0.15) is 0 Å². The molecule has 0 heterocycles. The maximum absolute atomic E-state index is 12.1. The topological polar surface area (TPSA) is 120 Å². The average Bonchev–Trinajstić information content (AvgIpc) is 2.56. The summed E-state index contributed by atoms with van der Waals surface area (Å²) in [4.78, 5) is 34.4. The zero-order chi connectivity index (χ0) is 19.5. The number of nitrogens with one attached hydrogen (secondary N) is 2. The molecule has 0 spiro atoms. The second kappa shape index (κ2) is 11.2. The number of carbonyl (C=O) groups excluding carboxylic acids is 3. The molecule has 0 atom stereocenters. The van der Waals surface area contributed by atoms with Crippen molar-refractivity contribution in [3.63, 3.8) is 0 Å². The summed E-state index contributed by atoms with van der Waals surface area (Å²) < 4.78 is 9.99. The highest BCUT2D eigenvalue weighted by Gasteiger charge is 2.10. The maximum atomic E-state index is 12.1. The second-order valence-corrected chi connectivity index (χ2v) is 5.87. The first-order chi connectivity index (χ1) is 12.3. The van der Waals surface area contributed by atoms with Crippen LogP contribution in [0.15, 0.2) is 12.1 Å². The predicted octanol–water partition coefficient (Wildman–Crippen LogP) is 0.787. The Morgan fingerprint density at radius 3 is 2.35 bits per heavy atom. The maximum Gasteiger partial charge on any atom is 0.302 e. The summed E-state index contributed by atoms with van der Waals surface area (Å²) in [5, 5.41) is 5.46. The first-order valence-corrected chi connectivity index (χ1v) is 8.41. The molecule has 0 saturated carbocycles. The molecule has 0 fully saturated rings. The molecule has 0 saturated heterocycles. The Morgan fingerprint density at radius 2 is 1.77 bits per heavy atom. The van der Waals surface area contributed by atoms with Crippen LogP contribution >= 0.6 is 0 Å². The van der Waals surface area contributed by atoms with E-state index in [0.29, 0.717) is 13.2 Å². The average molecular weight is 365 g/mol. The van der Waals surface area contributed by atoms with Gasteiger partial charge < -0.3 is 25.8 Å². The fraction of sp³-hybridized carbons (Fsp3) is 0.500. The van der Waals surface area contributed by atoms with Crippen LogP contribution in [0, 0.1) is 13.8 Å². The molecule has 0 aromatic heterocycles. The molecule has 8 heteroatoms. The molecule has 1 aromatic rings. The van der Waals surface area contributed by atoms with Gasteiger partial charge in [0.25, 0.3) is 0 Å². The number of aryl methyl sites for hydroxylation is 2. The minimum atomic E-state index is -0.340. The Labute approximate surface area is 153 Å². The van der Waals surface area contributed by atoms with Gasteiger partial charge in [0.2, 0.25) is 11.8 Å². The summed E-state index contributed by atoms with van der Waals surface area (Å²) in [6.45, 7) is 6.13. The van der Waals surface area contributed by atoms with Gasteiger partial charge in [-0.3, -0.25) is 14.4 Å². The molecule has 144 valence electrons. The summed E-state index contributed by atoms with van der Waals surface area (Å²) >= 11 is 0. The van der Waals surface area contributed by atoms with Gasteiger partial charge in [0.15, 0.2) is 0 Å². The molecule has 2 amide bonds. The molecule has 1 aromatic carbocycles. The lowest BCUT2D eigenvalue weighted by molar-refractivity contribution is -0.142. The van der Waals surface area contributed by atoms with Crippen molar-refractivity contribution in [3.05, 3.63) is 28.8 Å². The molecule has 0 radical (unpaired) electrons. The highest BCUT2D eigenvalue weighted by molar-refractivity contribution is 5.92. The minimum absolute atomic E-state index is 0.0686. The first kappa shape index (κ1) is 21.6. The Balaban J connectivity index is 2.48. The number of hydrogen-bond acceptors (Lipinski definition) is 6. The van der Waals surface area contributed by atoms with E-state index in [1.165, 1.54) is 6.92 Å². The van der Waals surface area contributed by atoms with E-state index in [4.69, 9.17) is 15.2 Å². The van der Waals surface area contributed by atoms with Crippen LogP contribution in [0.5, 0.6) is 0 Å². The van der Waals surface area contributed by atoms with Crippen LogP contribution in [0.4, 0.5) is 5.69 Å². The van der Waals surface area contributed by atoms with E-state index in [-0.39, 0.29) is 44.0 Å². The fourth-order valence-electron chi connectivity index (χ4n) is 2.34. The van der Waals surface area contributed by atoms with Gasteiger partial charge >= 0.3 is 5.97 Å². The molecule has 0 aliphatic rings. The molecule has 0 unspecified atom stereocenters. The van der Waals surface area contributed by atoms with Gasteiger partial charge in [-0.25, -0.2) is 0 Å². The van der Waals surface area contributed by atoms with Gasteiger partial charge in [0.05, 0.1) is 6.61 Å². The van der Waals surface area contributed by atoms with E-state index in [2.05, 4.69) is 10.6 Å². The number of nitrogens with two attached hydrogens (primary N) is 1. The van der Waals surface area contributed by atoms with Crippen LogP contribution in [0.2, 0.25) is 0 Å². The normalized spacial score (nSPS) is 10.3. The summed E-state index contributed by atoms with van der Waals surface area (Å²) in [5.74, 6) is -0.825. The fourth-order valence-corrected chi connectivity index (χ4v) is 2.34. The molecular formula is C18H27N3O5. The van der Waals surface area contributed by atoms with E-state index in [1.54, 1.807) is 0 Å². The smallest absolute Gasteiger partial charge is 0.302 e. The second-order valence-electron chi connectivity index (χ2n) is 5.87. The van der Waals surface area contributed by atoms with E-state index in [0.717, 1.165) is 22.4 Å². The monoisotopic (exact) mass is 365 g/mol. The molecule has 0 aliphatic carbocycles. The van der Waals surface area contributed by atoms with Crippen molar-refractivity contribution in [2.45, 2.75) is 33.8 Å². The molecule has 1 rings (SSSR count). The highest BCUT2D eigenvalue weighted by Crippen LogP contribution is 2.23. The quantitative estimate of drug-likeness (QED) is 0.416. The number of rotatable bonds is 10. The van der Waals surface area contributed by atoms with Crippen molar-refractivity contribution in [1.29, 1.82) is 0 Å². The number of esters is 1. The van der Waals surface area contributed by atoms with Crippen LogP contribution in [0.1, 0.15) is 30.0 Å². The van der Waals surface area contributed by atoms with Crippen molar-refractivity contribution in [1.82, 2.24) is 5.32 Å². The van der Waals surface area contributed by atoms with Gasteiger partial charge in [0, 0.05) is 32.1 Å². The third-order valence-corrected chi connectivity index (χ3v) is 3.47. The zero-order valence-electron chi connectivity index (χ0n) is 15.5. The molecule has 0 aliphatic heterocycles. The zero-order valence-corrected chi connectivity index (χ0v) is 15.5. The molecule has 26 heavy (non-hydrogen) atoms. The molecule has 4 N–H and O–H groups in total. The molecule has 8 nitrogen and oxygen atoms in total. The number of benzene rings is 1. The number of hydrogen-bond donors (Lipinski definition) is 3. The summed E-state index contributed by atoms with van der Waals surface area (Å²) in [5.41, 5.74) is 8.59. The molecular weight excluding hydrogens is 338 g/mol. The van der Waals surface area contributed by atoms with Gasteiger partial charge in [-0.15, -0.1) is 0 Å². The number of amides is 2. The first-order valence-electron chi connectivity index (χ1n) is 8.41. The Bertz CT molecular complexity index is 623. The predicted molar refractivity (Wildman–Crippen MR) is 97.5 cm³/mol. The van der Waals surface area contributed by atoms with Crippen LogP contribution < -0.4 is 16.4 Å². The standard InChI is InChI=1S/C18H27N3O5/c1-12-8-15(10-26-14(3)22)9-13(2)18(12)21-16(23)4-6-20-17(24)11-25-7-5-19/h8-9H,4-7,10-11,19H2,1-3H3,(H,20,24)(H,21,23). The number of carbonyl (C=O) groups is 3. The summed E-state index contributed by atoms with van der Waals surface area (Å²) in [6.07, 6.45) is 0.150. The van der Waals surface area contributed by atoms with E-state index < -0.39 is 0 Å². The third kappa shape index (κ3) is 8.09. The number of anilines is 1. The largest absolute Gasteiger partial charge is 0.461 e. The van der Waals surface area contributed by atoms with Crippen molar-refractivity contribution in [3.8, 4) is 0 Å². The SMILES string of the molecule is CC(=O)OCc1cc(C)c(NC(=O)CCNC(=O)COCCN)c(C)c1. The Hall–Kier alpha value is -2.45. The lowest BCUT2D eigenvalue weighted by Gasteiger charge is -2.14. The van der Waals surface area contributed by atoms with Crippen molar-refractivity contribution in [2.24, 2.45) is 5.73 Å². The van der Waals surface area contributed by atoms with Gasteiger partial charge in [-0.1, -0.05) is 12.1 Å². The van der Waals surface area contributed by atoms with Crippen LogP contribution in [0.25, 0.3) is 0 Å².